The van der Waals surface area contributed by atoms with Crippen molar-refractivity contribution < 1.29 is 9.47 Å². The first-order chi connectivity index (χ1) is 9.88. The van der Waals surface area contributed by atoms with Crippen molar-refractivity contribution in [3.05, 3.63) is 35.4 Å². The highest BCUT2D eigenvalue weighted by Crippen LogP contribution is 2.18. The second-order valence-corrected chi connectivity index (χ2v) is 5.46. The second kappa shape index (κ2) is 9.11. The fraction of sp³-hybridized carbons (Fsp3) is 0.647. The van der Waals surface area contributed by atoms with Gasteiger partial charge < -0.3 is 14.8 Å². The van der Waals surface area contributed by atoms with Gasteiger partial charge in [0, 0.05) is 12.6 Å². The third-order valence-corrected chi connectivity index (χ3v) is 3.44. The molecule has 3 nitrogen and oxygen atoms in total. The lowest BCUT2D eigenvalue weighted by Gasteiger charge is -2.07. The monoisotopic (exact) mass is 277 g/mol. The Morgan fingerprint density at radius 3 is 2.40 bits per heavy atom. The number of nitrogens with one attached hydrogen (secondary N) is 1. The first kappa shape index (κ1) is 15.5. The molecule has 1 saturated carbocycles. The number of hydrogen-bond donors (Lipinski definition) is 1. The fourth-order valence-electron chi connectivity index (χ4n) is 2.06. The molecule has 0 bridgehead atoms. The maximum atomic E-state index is 5.59. The Balaban J connectivity index is 1.55. The van der Waals surface area contributed by atoms with Crippen molar-refractivity contribution in [2.45, 2.75) is 45.3 Å². The van der Waals surface area contributed by atoms with E-state index in [9.17, 15) is 0 Å². The van der Waals surface area contributed by atoms with Crippen LogP contribution >= 0.6 is 0 Å². The normalized spacial score (nSPS) is 14.7. The standard InChI is InChI=1S/C17H27NO2/c1-2-11-19-12-13-20-14-16-5-3-15(4-6-16)9-10-18-17-7-8-17/h3-6,17-18H,2,7-14H2,1H3. The number of rotatable bonds is 11. The Bertz CT molecular complexity index is 360. The zero-order valence-corrected chi connectivity index (χ0v) is 12.6. The molecule has 0 aromatic heterocycles. The van der Waals surface area contributed by atoms with E-state index in [0.29, 0.717) is 19.8 Å². The van der Waals surface area contributed by atoms with Crippen LogP contribution in [-0.4, -0.2) is 32.4 Å². The molecule has 2 rings (SSSR count). The van der Waals surface area contributed by atoms with E-state index in [1.165, 1.54) is 24.0 Å². The molecule has 1 aliphatic rings. The lowest BCUT2D eigenvalue weighted by Crippen LogP contribution is -2.19. The Morgan fingerprint density at radius 1 is 1.00 bits per heavy atom. The molecule has 1 N–H and O–H groups in total. The zero-order valence-electron chi connectivity index (χ0n) is 12.6. The van der Waals surface area contributed by atoms with Gasteiger partial charge in [-0.3, -0.25) is 0 Å². The van der Waals surface area contributed by atoms with E-state index >= 15 is 0 Å². The van der Waals surface area contributed by atoms with Gasteiger partial charge in [0.1, 0.15) is 0 Å². The maximum Gasteiger partial charge on any atom is 0.0718 e. The molecule has 0 atom stereocenters. The predicted molar refractivity (Wildman–Crippen MR) is 81.9 cm³/mol. The summed E-state index contributed by atoms with van der Waals surface area (Å²) < 4.78 is 11.0. The summed E-state index contributed by atoms with van der Waals surface area (Å²) in [6, 6.07) is 9.55. The van der Waals surface area contributed by atoms with Gasteiger partial charge >= 0.3 is 0 Å². The maximum absolute atomic E-state index is 5.59. The highest BCUT2D eigenvalue weighted by Gasteiger charge is 2.19. The quantitative estimate of drug-likeness (QED) is 0.631. The highest BCUT2D eigenvalue weighted by atomic mass is 16.5. The first-order valence-corrected chi connectivity index (χ1v) is 7.85. The van der Waals surface area contributed by atoms with Crippen molar-refractivity contribution >= 4 is 0 Å². The molecule has 0 saturated heterocycles. The Hall–Kier alpha value is -0.900. The summed E-state index contributed by atoms with van der Waals surface area (Å²) in [6.45, 7) is 6.08. The third kappa shape index (κ3) is 6.51. The molecule has 0 unspecified atom stereocenters. The van der Waals surface area contributed by atoms with Crippen molar-refractivity contribution in [3.63, 3.8) is 0 Å². The zero-order chi connectivity index (χ0) is 14.0. The predicted octanol–water partition coefficient (Wildman–Crippen LogP) is 2.92. The Kier molecular flexibility index (Phi) is 7.06. The SMILES string of the molecule is CCCOCCOCc1ccc(CCNC2CC2)cc1. The molecule has 1 aromatic rings. The molecule has 0 radical (unpaired) electrons. The van der Waals surface area contributed by atoms with Crippen molar-refractivity contribution in [1.82, 2.24) is 5.32 Å². The molecule has 20 heavy (non-hydrogen) atoms. The molecule has 1 aromatic carbocycles. The van der Waals surface area contributed by atoms with E-state index in [4.69, 9.17) is 9.47 Å². The molecule has 0 spiro atoms. The first-order valence-electron chi connectivity index (χ1n) is 7.85. The molecule has 112 valence electrons. The number of hydrogen-bond acceptors (Lipinski definition) is 3. The lowest BCUT2D eigenvalue weighted by atomic mass is 10.1. The summed E-state index contributed by atoms with van der Waals surface area (Å²) in [7, 11) is 0. The number of ether oxygens (including phenoxy) is 2. The van der Waals surface area contributed by atoms with Crippen LogP contribution in [0.3, 0.4) is 0 Å². The molecule has 0 heterocycles. The van der Waals surface area contributed by atoms with E-state index in [0.717, 1.165) is 32.0 Å². The Morgan fingerprint density at radius 2 is 1.70 bits per heavy atom. The highest BCUT2D eigenvalue weighted by molar-refractivity contribution is 5.22. The summed E-state index contributed by atoms with van der Waals surface area (Å²) in [5.41, 5.74) is 2.63. The van der Waals surface area contributed by atoms with Gasteiger partial charge in [0.15, 0.2) is 0 Å². The van der Waals surface area contributed by atoms with Crippen LogP contribution in [-0.2, 0) is 22.5 Å². The van der Waals surface area contributed by atoms with Gasteiger partial charge in [-0.15, -0.1) is 0 Å². The smallest absolute Gasteiger partial charge is 0.0718 e. The van der Waals surface area contributed by atoms with Crippen molar-refractivity contribution in [2.75, 3.05) is 26.4 Å². The second-order valence-electron chi connectivity index (χ2n) is 5.46. The van der Waals surface area contributed by atoms with Gasteiger partial charge in [0.05, 0.1) is 19.8 Å². The van der Waals surface area contributed by atoms with E-state index < -0.39 is 0 Å². The average Bonchev–Trinajstić information content (AvgIpc) is 3.28. The summed E-state index contributed by atoms with van der Waals surface area (Å²) in [5, 5.41) is 3.54. The van der Waals surface area contributed by atoms with Gasteiger partial charge in [-0.25, -0.2) is 0 Å². The fourth-order valence-corrected chi connectivity index (χ4v) is 2.06. The topological polar surface area (TPSA) is 30.5 Å². The van der Waals surface area contributed by atoms with Gasteiger partial charge in [-0.1, -0.05) is 31.2 Å². The van der Waals surface area contributed by atoms with Crippen LogP contribution in [0.1, 0.15) is 37.3 Å². The van der Waals surface area contributed by atoms with Gasteiger partial charge in [-0.2, -0.15) is 0 Å². The van der Waals surface area contributed by atoms with Gasteiger partial charge in [0.25, 0.3) is 0 Å². The van der Waals surface area contributed by atoms with Crippen LogP contribution in [0.2, 0.25) is 0 Å². The summed E-state index contributed by atoms with van der Waals surface area (Å²) in [4.78, 5) is 0. The van der Waals surface area contributed by atoms with Crippen LogP contribution in [0.15, 0.2) is 24.3 Å². The largest absolute Gasteiger partial charge is 0.379 e. The van der Waals surface area contributed by atoms with Gasteiger partial charge in [0.2, 0.25) is 0 Å². The molecule has 1 fully saturated rings. The van der Waals surface area contributed by atoms with Crippen LogP contribution in [0, 0.1) is 0 Å². The summed E-state index contributed by atoms with van der Waals surface area (Å²) in [6.07, 6.45) is 4.90. The van der Waals surface area contributed by atoms with Crippen LogP contribution < -0.4 is 5.32 Å². The van der Waals surface area contributed by atoms with Crippen molar-refractivity contribution in [1.29, 1.82) is 0 Å². The van der Waals surface area contributed by atoms with Gasteiger partial charge in [-0.05, 0) is 43.4 Å². The molecular formula is C17H27NO2. The molecule has 3 heteroatoms. The lowest BCUT2D eigenvalue weighted by molar-refractivity contribution is 0.0408. The molecule has 1 aliphatic carbocycles. The molecule has 0 amide bonds. The van der Waals surface area contributed by atoms with E-state index in [2.05, 4.69) is 36.5 Å². The van der Waals surface area contributed by atoms with E-state index in [1.807, 2.05) is 0 Å². The van der Waals surface area contributed by atoms with E-state index in [1.54, 1.807) is 0 Å². The minimum Gasteiger partial charge on any atom is -0.379 e. The third-order valence-electron chi connectivity index (χ3n) is 3.44. The summed E-state index contributed by atoms with van der Waals surface area (Å²) in [5.74, 6) is 0. The van der Waals surface area contributed by atoms with Crippen LogP contribution in [0.4, 0.5) is 0 Å². The van der Waals surface area contributed by atoms with Crippen LogP contribution in [0.5, 0.6) is 0 Å². The summed E-state index contributed by atoms with van der Waals surface area (Å²) >= 11 is 0. The molecule has 0 aliphatic heterocycles. The average molecular weight is 277 g/mol. The molecular weight excluding hydrogens is 250 g/mol. The van der Waals surface area contributed by atoms with E-state index in [-0.39, 0.29) is 0 Å². The van der Waals surface area contributed by atoms with Crippen molar-refractivity contribution in [3.8, 4) is 0 Å². The number of benzene rings is 1. The minimum atomic E-state index is 0.674. The minimum absolute atomic E-state index is 0.674. The van der Waals surface area contributed by atoms with Crippen molar-refractivity contribution in [2.24, 2.45) is 0 Å². The van der Waals surface area contributed by atoms with Crippen LogP contribution in [0.25, 0.3) is 0 Å². The Labute approximate surface area is 122 Å².